The Kier molecular flexibility index (Phi) is 4.45. The van der Waals surface area contributed by atoms with Gasteiger partial charge in [0.1, 0.15) is 5.56 Å². The van der Waals surface area contributed by atoms with Crippen molar-refractivity contribution in [2.45, 2.75) is 32.2 Å². The second-order valence-electron chi connectivity index (χ2n) is 4.07. The van der Waals surface area contributed by atoms with Gasteiger partial charge < -0.3 is 16.0 Å². The lowest BCUT2D eigenvalue weighted by atomic mass is 9.92. The van der Waals surface area contributed by atoms with Gasteiger partial charge in [0, 0.05) is 25.0 Å². The van der Waals surface area contributed by atoms with E-state index < -0.39 is 5.54 Å². The monoisotopic (exact) mass is 237 g/mol. The summed E-state index contributed by atoms with van der Waals surface area (Å²) in [6.45, 7) is 4.29. The first-order valence-electron chi connectivity index (χ1n) is 5.78. The molecule has 0 bridgehead atoms. The molecule has 0 saturated carbocycles. The fourth-order valence-corrected chi connectivity index (χ4v) is 1.67. The third-order valence-electron chi connectivity index (χ3n) is 3.19. The maximum absolute atomic E-state index is 12.0. The molecule has 94 valence electrons. The SMILES string of the molecule is CCC(CC)(CN)NC(=O)c1c[nH]ccc1=O. The second-order valence-corrected chi connectivity index (χ2v) is 4.07. The number of aromatic nitrogens is 1. The van der Waals surface area contributed by atoms with E-state index in [-0.39, 0.29) is 16.9 Å². The van der Waals surface area contributed by atoms with Crippen LogP contribution in [-0.2, 0) is 0 Å². The normalized spacial score (nSPS) is 11.2. The number of carbonyl (C=O) groups excluding carboxylic acids is 1. The van der Waals surface area contributed by atoms with Crippen molar-refractivity contribution >= 4 is 5.91 Å². The summed E-state index contributed by atoms with van der Waals surface area (Å²) < 4.78 is 0. The molecule has 0 radical (unpaired) electrons. The number of H-pyrrole nitrogens is 1. The number of hydrogen-bond donors (Lipinski definition) is 3. The van der Waals surface area contributed by atoms with E-state index in [1.54, 1.807) is 0 Å². The Morgan fingerprint density at radius 1 is 1.47 bits per heavy atom. The predicted octanol–water partition coefficient (Wildman–Crippen LogP) is 0.622. The first-order valence-corrected chi connectivity index (χ1v) is 5.78. The van der Waals surface area contributed by atoms with Gasteiger partial charge in [-0.25, -0.2) is 0 Å². The van der Waals surface area contributed by atoms with E-state index in [4.69, 9.17) is 5.73 Å². The van der Waals surface area contributed by atoms with Gasteiger partial charge in [0.15, 0.2) is 5.43 Å². The Bertz CT molecular complexity index is 427. The molecule has 0 aliphatic rings. The summed E-state index contributed by atoms with van der Waals surface area (Å²) in [5, 5.41) is 2.85. The Morgan fingerprint density at radius 2 is 2.12 bits per heavy atom. The minimum Gasteiger partial charge on any atom is -0.367 e. The highest BCUT2D eigenvalue weighted by atomic mass is 16.2. The summed E-state index contributed by atoms with van der Waals surface area (Å²) in [4.78, 5) is 26.2. The smallest absolute Gasteiger partial charge is 0.257 e. The first-order chi connectivity index (χ1) is 8.08. The molecule has 1 aromatic rings. The zero-order valence-electron chi connectivity index (χ0n) is 10.2. The quantitative estimate of drug-likeness (QED) is 0.701. The van der Waals surface area contributed by atoms with Gasteiger partial charge in [-0.3, -0.25) is 9.59 Å². The number of nitrogens with one attached hydrogen (secondary N) is 2. The van der Waals surface area contributed by atoms with E-state index in [0.29, 0.717) is 6.54 Å². The number of carbonyl (C=O) groups is 1. The molecular weight excluding hydrogens is 218 g/mol. The van der Waals surface area contributed by atoms with E-state index in [1.165, 1.54) is 18.5 Å². The molecule has 5 nitrogen and oxygen atoms in total. The molecule has 1 rings (SSSR count). The van der Waals surface area contributed by atoms with Gasteiger partial charge in [0.25, 0.3) is 5.91 Å². The molecule has 0 spiro atoms. The average molecular weight is 237 g/mol. The van der Waals surface area contributed by atoms with Crippen molar-refractivity contribution in [2.24, 2.45) is 5.73 Å². The van der Waals surface area contributed by atoms with Gasteiger partial charge in [0.05, 0.1) is 5.54 Å². The lowest BCUT2D eigenvalue weighted by molar-refractivity contribution is 0.0894. The van der Waals surface area contributed by atoms with Crippen molar-refractivity contribution in [2.75, 3.05) is 6.54 Å². The summed E-state index contributed by atoms with van der Waals surface area (Å²) in [5.41, 5.74) is 5.09. The number of pyridine rings is 1. The van der Waals surface area contributed by atoms with E-state index in [1.807, 2.05) is 13.8 Å². The van der Waals surface area contributed by atoms with Crippen LogP contribution in [0.3, 0.4) is 0 Å². The lowest BCUT2D eigenvalue weighted by Gasteiger charge is -2.31. The second kappa shape index (κ2) is 5.63. The summed E-state index contributed by atoms with van der Waals surface area (Å²) >= 11 is 0. The fraction of sp³-hybridized carbons (Fsp3) is 0.500. The zero-order valence-corrected chi connectivity index (χ0v) is 10.2. The van der Waals surface area contributed by atoms with Gasteiger partial charge in [-0.2, -0.15) is 0 Å². The van der Waals surface area contributed by atoms with Crippen molar-refractivity contribution in [3.63, 3.8) is 0 Å². The molecule has 0 saturated heterocycles. The van der Waals surface area contributed by atoms with Crippen molar-refractivity contribution in [3.8, 4) is 0 Å². The van der Waals surface area contributed by atoms with Crippen molar-refractivity contribution in [1.29, 1.82) is 0 Å². The third-order valence-corrected chi connectivity index (χ3v) is 3.19. The zero-order chi connectivity index (χ0) is 12.9. The Balaban J connectivity index is 2.93. The maximum atomic E-state index is 12.0. The van der Waals surface area contributed by atoms with Crippen LogP contribution >= 0.6 is 0 Å². The van der Waals surface area contributed by atoms with Crippen LogP contribution < -0.4 is 16.5 Å². The van der Waals surface area contributed by atoms with E-state index in [9.17, 15) is 9.59 Å². The summed E-state index contributed by atoms with van der Waals surface area (Å²) in [5.74, 6) is -0.374. The van der Waals surface area contributed by atoms with Crippen LogP contribution in [0, 0.1) is 0 Å². The van der Waals surface area contributed by atoms with Crippen molar-refractivity contribution < 1.29 is 4.79 Å². The topological polar surface area (TPSA) is 88.0 Å². The molecule has 4 N–H and O–H groups in total. The largest absolute Gasteiger partial charge is 0.367 e. The molecule has 0 unspecified atom stereocenters. The van der Waals surface area contributed by atoms with Crippen LogP contribution in [0.4, 0.5) is 0 Å². The molecule has 0 aliphatic heterocycles. The molecule has 17 heavy (non-hydrogen) atoms. The Hall–Kier alpha value is -1.62. The molecule has 1 aromatic heterocycles. The molecular formula is C12H19N3O2. The van der Waals surface area contributed by atoms with E-state index in [2.05, 4.69) is 10.3 Å². The van der Waals surface area contributed by atoms with Crippen molar-refractivity contribution in [1.82, 2.24) is 10.3 Å². The first kappa shape index (κ1) is 13.4. The van der Waals surface area contributed by atoms with E-state index in [0.717, 1.165) is 12.8 Å². The minimum atomic E-state index is -0.431. The Morgan fingerprint density at radius 3 is 2.59 bits per heavy atom. The van der Waals surface area contributed by atoms with Gasteiger partial charge in [0.2, 0.25) is 0 Å². The van der Waals surface area contributed by atoms with Crippen molar-refractivity contribution in [3.05, 3.63) is 34.2 Å². The maximum Gasteiger partial charge on any atom is 0.257 e. The Labute approximate surface area is 100 Å². The molecule has 0 aliphatic carbocycles. The highest BCUT2D eigenvalue weighted by Crippen LogP contribution is 2.13. The molecule has 0 aromatic carbocycles. The minimum absolute atomic E-state index is 0.118. The van der Waals surface area contributed by atoms with Gasteiger partial charge in [-0.15, -0.1) is 0 Å². The van der Waals surface area contributed by atoms with Crippen LogP contribution in [0.5, 0.6) is 0 Å². The number of aromatic amines is 1. The number of nitrogens with two attached hydrogens (primary N) is 1. The lowest BCUT2D eigenvalue weighted by Crippen LogP contribution is -2.53. The van der Waals surface area contributed by atoms with Crippen LogP contribution in [0.2, 0.25) is 0 Å². The van der Waals surface area contributed by atoms with Gasteiger partial charge in [-0.1, -0.05) is 13.8 Å². The predicted molar refractivity (Wildman–Crippen MR) is 66.9 cm³/mol. The average Bonchev–Trinajstić information content (AvgIpc) is 2.36. The highest BCUT2D eigenvalue weighted by Gasteiger charge is 2.27. The summed E-state index contributed by atoms with van der Waals surface area (Å²) in [7, 11) is 0. The van der Waals surface area contributed by atoms with Crippen LogP contribution in [0.1, 0.15) is 37.0 Å². The van der Waals surface area contributed by atoms with Gasteiger partial charge in [-0.05, 0) is 12.8 Å². The molecule has 0 fully saturated rings. The van der Waals surface area contributed by atoms with Gasteiger partial charge >= 0.3 is 0 Å². The van der Waals surface area contributed by atoms with E-state index >= 15 is 0 Å². The third kappa shape index (κ3) is 2.94. The highest BCUT2D eigenvalue weighted by molar-refractivity contribution is 5.94. The number of rotatable bonds is 5. The number of amides is 1. The standard InChI is InChI=1S/C12H19N3O2/c1-3-12(4-2,8-13)15-11(17)9-7-14-6-5-10(9)16/h5-7H,3-4,8,13H2,1-2H3,(H,14,16)(H,15,17). The summed E-state index contributed by atoms with van der Waals surface area (Å²) in [6.07, 6.45) is 4.37. The van der Waals surface area contributed by atoms with Crippen LogP contribution in [0.25, 0.3) is 0 Å². The molecule has 1 amide bonds. The fourth-order valence-electron chi connectivity index (χ4n) is 1.67. The summed E-state index contributed by atoms with van der Waals surface area (Å²) in [6, 6.07) is 1.33. The molecule has 1 heterocycles. The molecule has 5 heteroatoms. The molecule has 0 atom stereocenters. The van der Waals surface area contributed by atoms with Crippen LogP contribution in [-0.4, -0.2) is 23.0 Å². The number of hydrogen-bond acceptors (Lipinski definition) is 3. The van der Waals surface area contributed by atoms with Crippen LogP contribution in [0.15, 0.2) is 23.3 Å².